The van der Waals surface area contributed by atoms with Gasteiger partial charge in [-0.3, -0.25) is 4.79 Å². The first-order valence-corrected chi connectivity index (χ1v) is 9.52. The summed E-state index contributed by atoms with van der Waals surface area (Å²) in [6, 6.07) is 6.81. The Morgan fingerprint density at radius 1 is 1.11 bits per heavy atom. The van der Waals surface area contributed by atoms with Gasteiger partial charge in [0, 0.05) is 24.2 Å². The van der Waals surface area contributed by atoms with Crippen LogP contribution in [-0.2, 0) is 6.18 Å². The van der Waals surface area contributed by atoms with E-state index in [4.69, 9.17) is 0 Å². The second-order valence-electron chi connectivity index (χ2n) is 6.65. The lowest BCUT2D eigenvalue weighted by atomic mass is 9.80. The number of benzene rings is 1. The van der Waals surface area contributed by atoms with E-state index in [0.717, 1.165) is 43.4 Å². The molecule has 0 spiro atoms. The molecule has 2 heterocycles. The number of nitrogens with zero attached hydrogens (tertiary/aromatic N) is 3. The predicted octanol–water partition coefficient (Wildman–Crippen LogP) is 4.31. The van der Waals surface area contributed by atoms with E-state index in [-0.39, 0.29) is 17.5 Å². The van der Waals surface area contributed by atoms with Gasteiger partial charge in [0.15, 0.2) is 0 Å². The fourth-order valence-corrected chi connectivity index (χ4v) is 4.42. The highest BCUT2D eigenvalue weighted by Crippen LogP contribution is 2.37. The Labute approximate surface area is 156 Å². The molecule has 1 saturated carbocycles. The van der Waals surface area contributed by atoms with Crippen LogP contribution in [0.5, 0.6) is 0 Å². The average molecular weight is 394 g/mol. The Bertz CT molecular complexity index is 996. The minimum Gasteiger partial charge on any atom is -0.357 e. The molecule has 2 atom stereocenters. The zero-order chi connectivity index (χ0) is 19.0. The molecule has 3 aromatic rings. The van der Waals surface area contributed by atoms with E-state index >= 15 is 0 Å². The van der Waals surface area contributed by atoms with Crippen LogP contribution >= 0.6 is 11.3 Å². The molecule has 0 unspecified atom stereocenters. The maximum Gasteiger partial charge on any atom is 0.416 e. The maximum absolute atomic E-state index is 12.8. The maximum atomic E-state index is 12.8. The van der Waals surface area contributed by atoms with Crippen LogP contribution in [0.25, 0.3) is 4.96 Å². The summed E-state index contributed by atoms with van der Waals surface area (Å²) in [5.74, 6) is 0.0951. The first-order chi connectivity index (χ1) is 12.9. The summed E-state index contributed by atoms with van der Waals surface area (Å²) >= 11 is 1.29. The number of aromatic nitrogens is 3. The highest BCUT2D eigenvalue weighted by molar-refractivity contribution is 7.20. The number of anilines is 1. The van der Waals surface area contributed by atoms with Gasteiger partial charge in [-0.05, 0) is 30.5 Å². The summed E-state index contributed by atoms with van der Waals surface area (Å²) in [6.07, 6.45) is 0.980. The van der Waals surface area contributed by atoms with Gasteiger partial charge >= 0.3 is 6.18 Å². The van der Waals surface area contributed by atoms with Crippen molar-refractivity contribution in [1.29, 1.82) is 0 Å². The molecule has 0 saturated heterocycles. The van der Waals surface area contributed by atoms with E-state index in [2.05, 4.69) is 15.4 Å². The minimum absolute atomic E-state index is 0.0479. The smallest absolute Gasteiger partial charge is 0.357 e. The Morgan fingerprint density at radius 2 is 1.85 bits per heavy atom. The standard InChI is InChI=1S/C18H17F3N4OS/c19-18(20,21)12-7-5-11(6-8-12)13-3-1-2-4-14(13)23-16-24-25-15(26)9-10-22-17(25)27-16/h5-10,13-14H,1-4H2,(H,23,24)/t13-,14+/m0/s1. The fourth-order valence-electron chi connectivity index (χ4n) is 3.58. The molecular formula is C18H17F3N4OS. The molecule has 1 aliphatic rings. The monoisotopic (exact) mass is 394 g/mol. The normalized spacial score (nSPS) is 20.7. The molecule has 1 N–H and O–H groups in total. The molecule has 1 aliphatic carbocycles. The second-order valence-corrected chi connectivity index (χ2v) is 7.60. The van der Waals surface area contributed by atoms with Gasteiger partial charge in [0.25, 0.3) is 5.56 Å². The zero-order valence-corrected chi connectivity index (χ0v) is 15.1. The van der Waals surface area contributed by atoms with Gasteiger partial charge in [-0.15, -0.1) is 5.10 Å². The highest BCUT2D eigenvalue weighted by Gasteiger charge is 2.32. The molecule has 0 bridgehead atoms. The topological polar surface area (TPSA) is 59.3 Å². The average Bonchev–Trinajstić information content (AvgIpc) is 3.06. The number of fused-ring (bicyclic) bond motifs is 1. The van der Waals surface area contributed by atoms with E-state index < -0.39 is 11.7 Å². The van der Waals surface area contributed by atoms with E-state index in [0.29, 0.717) is 10.1 Å². The summed E-state index contributed by atoms with van der Waals surface area (Å²) < 4.78 is 39.7. The molecule has 142 valence electrons. The first kappa shape index (κ1) is 18.0. The Morgan fingerprint density at radius 3 is 2.56 bits per heavy atom. The summed E-state index contributed by atoms with van der Waals surface area (Å²) in [7, 11) is 0. The molecule has 27 heavy (non-hydrogen) atoms. The molecule has 1 aromatic carbocycles. The van der Waals surface area contributed by atoms with Crippen molar-refractivity contribution < 1.29 is 13.2 Å². The van der Waals surface area contributed by atoms with E-state index in [1.165, 1.54) is 28.1 Å². The van der Waals surface area contributed by atoms with Crippen LogP contribution in [0.3, 0.4) is 0 Å². The largest absolute Gasteiger partial charge is 0.416 e. The van der Waals surface area contributed by atoms with E-state index in [1.54, 1.807) is 12.1 Å². The van der Waals surface area contributed by atoms with E-state index in [9.17, 15) is 18.0 Å². The van der Waals surface area contributed by atoms with Gasteiger partial charge < -0.3 is 5.32 Å². The van der Waals surface area contributed by atoms with Crippen LogP contribution in [0.15, 0.2) is 41.3 Å². The third-order valence-electron chi connectivity index (χ3n) is 4.91. The van der Waals surface area contributed by atoms with Crippen molar-refractivity contribution in [3.8, 4) is 0 Å². The number of alkyl halides is 3. The van der Waals surface area contributed by atoms with Crippen LogP contribution in [0.1, 0.15) is 42.7 Å². The minimum atomic E-state index is -4.33. The summed E-state index contributed by atoms with van der Waals surface area (Å²) in [4.78, 5) is 16.5. The lowest BCUT2D eigenvalue weighted by molar-refractivity contribution is -0.137. The van der Waals surface area contributed by atoms with Gasteiger partial charge in [0.2, 0.25) is 10.1 Å². The van der Waals surface area contributed by atoms with Crippen molar-refractivity contribution in [2.75, 3.05) is 5.32 Å². The van der Waals surface area contributed by atoms with Crippen molar-refractivity contribution in [1.82, 2.24) is 14.6 Å². The molecule has 0 amide bonds. The molecule has 9 heteroatoms. The molecule has 5 nitrogen and oxygen atoms in total. The number of rotatable bonds is 3. The Hall–Kier alpha value is -2.42. The number of nitrogens with one attached hydrogen (secondary N) is 1. The van der Waals surface area contributed by atoms with E-state index in [1.807, 2.05) is 0 Å². The van der Waals surface area contributed by atoms with Gasteiger partial charge in [0.1, 0.15) is 0 Å². The molecular weight excluding hydrogens is 377 g/mol. The van der Waals surface area contributed by atoms with Crippen LogP contribution in [-0.4, -0.2) is 20.6 Å². The molecule has 4 rings (SSSR count). The number of hydrogen-bond donors (Lipinski definition) is 1. The Kier molecular flexibility index (Phi) is 4.63. The van der Waals surface area contributed by atoms with Crippen LogP contribution in [0.4, 0.5) is 18.3 Å². The molecule has 1 fully saturated rings. The summed E-state index contributed by atoms with van der Waals surface area (Å²) in [5.41, 5.74) is 0.00651. The van der Waals surface area contributed by atoms with Crippen LogP contribution < -0.4 is 10.9 Å². The van der Waals surface area contributed by atoms with Gasteiger partial charge in [-0.25, -0.2) is 4.98 Å². The SMILES string of the molecule is O=c1ccnc2sc(N[C@@H]3CCCC[C@H]3c3ccc(C(F)(F)F)cc3)nn12. The lowest BCUT2D eigenvalue weighted by Gasteiger charge is -2.32. The second kappa shape index (κ2) is 6.95. The fraction of sp³-hybridized carbons (Fsp3) is 0.389. The quantitative estimate of drug-likeness (QED) is 0.719. The van der Waals surface area contributed by atoms with Crippen molar-refractivity contribution in [2.45, 2.75) is 43.8 Å². The van der Waals surface area contributed by atoms with Gasteiger partial charge in [-0.2, -0.15) is 17.7 Å². The molecule has 2 aromatic heterocycles. The highest BCUT2D eigenvalue weighted by atomic mass is 32.1. The summed E-state index contributed by atoms with van der Waals surface area (Å²) in [5, 5.41) is 8.25. The van der Waals surface area contributed by atoms with Crippen molar-refractivity contribution >= 4 is 21.4 Å². The van der Waals surface area contributed by atoms with Gasteiger partial charge in [0.05, 0.1) is 5.56 Å². The van der Waals surface area contributed by atoms with Gasteiger partial charge in [-0.1, -0.05) is 36.3 Å². The summed E-state index contributed by atoms with van der Waals surface area (Å²) in [6.45, 7) is 0. The lowest BCUT2D eigenvalue weighted by Crippen LogP contribution is -2.30. The predicted molar refractivity (Wildman–Crippen MR) is 97.2 cm³/mol. The third kappa shape index (κ3) is 3.69. The Balaban J connectivity index is 1.58. The molecule has 0 aliphatic heterocycles. The number of hydrogen-bond acceptors (Lipinski definition) is 5. The molecule has 0 radical (unpaired) electrons. The van der Waals surface area contributed by atoms with Crippen LogP contribution in [0, 0.1) is 0 Å². The third-order valence-corrected chi connectivity index (χ3v) is 5.77. The van der Waals surface area contributed by atoms with Crippen molar-refractivity contribution in [3.05, 3.63) is 58.0 Å². The zero-order valence-electron chi connectivity index (χ0n) is 14.2. The van der Waals surface area contributed by atoms with Crippen LogP contribution in [0.2, 0.25) is 0 Å². The van der Waals surface area contributed by atoms with Crippen molar-refractivity contribution in [3.63, 3.8) is 0 Å². The first-order valence-electron chi connectivity index (χ1n) is 8.70. The van der Waals surface area contributed by atoms with Crippen molar-refractivity contribution in [2.24, 2.45) is 0 Å². The number of halogens is 3.